The lowest BCUT2D eigenvalue weighted by Gasteiger charge is -2.15. The van der Waals surface area contributed by atoms with E-state index in [1.807, 2.05) is 0 Å². The minimum atomic E-state index is -0.931. The lowest BCUT2D eigenvalue weighted by atomic mass is 10.3. The molecule has 0 aliphatic rings. The zero-order chi connectivity index (χ0) is 17.9. The summed E-state index contributed by atoms with van der Waals surface area (Å²) in [4.78, 5) is 35.3. The largest absolute Gasteiger partial charge is 0.479 e. The molecule has 0 saturated heterocycles. The van der Waals surface area contributed by atoms with Crippen LogP contribution in [0.5, 0.6) is 5.75 Å². The van der Waals surface area contributed by atoms with Gasteiger partial charge in [-0.25, -0.2) is 14.0 Å². The highest BCUT2D eigenvalue weighted by atomic mass is 19.1. The molecular weight excluding hydrogens is 319 g/mol. The molecule has 1 heterocycles. The number of carbonyl (C=O) groups excluding carboxylic acids is 1. The Morgan fingerprint density at radius 2 is 1.79 bits per heavy atom. The van der Waals surface area contributed by atoms with Gasteiger partial charge in [0.2, 0.25) is 0 Å². The Morgan fingerprint density at radius 3 is 2.42 bits per heavy atom. The maximum absolute atomic E-state index is 12.8. The zero-order valence-corrected chi connectivity index (χ0v) is 13.5. The first-order valence-electron chi connectivity index (χ1n) is 7.14. The van der Waals surface area contributed by atoms with E-state index >= 15 is 0 Å². The van der Waals surface area contributed by atoms with Crippen LogP contribution >= 0.6 is 0 Å². The number of ether oxygens (including phenoxy) is 2. The number of benzene rings is 1. The Hall–Kier alpha value is -2.90. The predicted octanol–water partition coefficient (Wildman–Crippen LogP) is 0.734. The first-order valence-corrected chi connectivity index (χ1v) is 7.14. The summed E-state index contributed by atoms with van der Waals surface area (Å²) < 4.78 is 25.4. The van der Waals surface area contributed by atoms with Gasteiger partial charge in [-0.15, -0.1) is 0 Å². The summed E-state index contributed by atoms with van der Waals surface area (Å²) in [5.41, 5.74) is -0.727. The Bertz CT molecular complexity index is 854. The Kier molecular flexibility index (Phi) is 5.18. The van der Waals surface area contributed by atoms with Gasteiger partial charge in [-0.05, 0) is 31.2 Å². The van der Waals surface area contributed by atoms with Gasteiger partial charge in [0.25, 0.3) is 5.56 Å². The normalized spacial score (nSPS) is 11.8. The highest BCUT2D eigenvalue weighted by Crippen LogP contribution is 2.13. The fourth-order valence-corrected chi connectivity index (χ4v) is 1.94. The van der Waals surface area contributed by atoms with Crippen LogP contribution in [-0.4, -0.2) is 21.2 Å². The van der Waals surface area contributed by atoms with Gasteiger partial charge in [0.15, 0.2) is 6.10 Å². The number of esters is 1. The second-order valence-electron chi connectivity index (χ2n) is 5.20. The van der Waals surface area contributed by atoms with E-state index < -0.39 is 29.1 Å². The van der Waals surface area contributed by atoms with Crippen LogP contribution in [0, 0.1) is 5.82 Å². The SMILES string of the molecule is C[C@H](Oc1ccc(F)cc1)C(=O)OCc1cc(=O)n(C)c(=O)n1C. The average molecular weight is 336 g/mol. The standard InChI is InChI=1S/C16H17FN2O5/c1-10(24-13-6-4-11(17)5-7-13)15(21)23-9-12-8-14(20)19(3)16(22)18(12)2/h4-8,10H,9H2,1-3H3/t10-/m0/s1. The van der Waals surface area contributed by atoms with E-state index in [1.165, 1.54) is 55.9 Å². The fourth-order valence-electron chi connectivity index (χ4n) is 1.94. The van der Waals surface area contributed by atoms with Gasteiger partial charge in [-0.1, -0.05) is 0 Å². The molecular formula is C16H17FN2O5. The third-order valence-corrected chi connectivity index (χ3v) is 3.45. The van der Waals surface area contributed by atoms with Crippen LogP contribution in [0.3, 0.4) is 0 Å². The van der Waals surface area contributed by atoms with Gasteiger partial charge in [0.1, 0.15) is 18.2 Å². The smallest absolute Gasteiger partial charge is 0.347 e. The van der Waals surface area contributed by atoms with Crippen LogP contribution in [0.4, 0.5) is 4.39 Å². The third-order valence-electron chi connectivity index (χ3n) is 3.45. The van der Waals surface area contributed by atoms with Crippen molar-refractivity contribution in [1.29, 1.82) is 0 Å². The quantitative estimate of drug-likeness (QED) is 0.752. The molecule has 128 valence electrons. The minimum Gasteiger partial charge on any atom is -0.479 e. The Balaban J connectivity index is 2.01. The van der Waals surface area contributed by atoms with Crippen molar-refractivity contribution in [1.82, 2.24) is 9.13 Å². The van der Waals surface area contributed by atoms with Crippen molar-refractivity contribution in [2.75, 3.05) is 0 Å². The number of aromatic nitrogens is 2. The Labute approximate surface area is 136 Å². The molecule has 0 radical (unpaired) electrons. The predicted molar refractivity (Wildman–Crippen MR) is 83.2 cm³/mol. The molecule has 0 aliphatic heterocycles. The molecule has 0 spiro atoms. The van der Waals surface area contributed by atoms with Crippen LogP contribution in [-0.2, 0) is 30.2 Å². The van der Waals surface area contributed by atoms with Gasteiger partial charge in [-0.3, -0.25) is 13.9 Å². The zero-order valence-electron chi connectivity index (χ0n) is 13.5. The number of hydrogen-bond acceptors (Lipinski definition) is 5. The highest BCUT2D eigenvalue weighted by Gasteiger charge is 2.17. The number of nitrogens with zero attached hydrogens (tertiary/aromatic N) is 2. The van der Waals surface area contributed by atoms with E-state index in [0.29, 0.717) is 5.75 Å². The van der Waals surface area contributed by atoms with Gasteiger partial charge in [0.05, 0.1) is 5.69 Å². The van der Waals surface area contributed by atoms with E-state index in [4.69, 9.17) is 9.47 Å². The minimum absolute atomic E-state index is 0.238. The summed E-state index contributed by atoms with van der Waals surface area (Å²) in [5, 5.41) is 0. The van der Waals surface area contributed by atoms with Crippen molar-refractivity contribution in [2.45, 2.75) is 19.6 Å². The van der Waals surface area contributed by atoms with Crippen LogP contribution in [0.2, 0.25) is 0 Å². The van der Waals surface area contributed by atoms with Gasteiger partial charge >= 0.3 is 11.7 Å². The summed E-state index contributed by atoms with van der Waals surface area (Å²) >= 11 is 0. The molecule has 0 amide bonds. The molecule has 1 aromatic carbocycles. The van der Waals surface area contributed by atoms with Crippen molar-refractivity contribution in [3.8, 4) is 5.75 Å². The van der Waals surface area contributed by atoms with Crippen molar-refractivity contribution < 1.29 is 18.7 Å². The Morgan fingerprint density at radius 1 is 1.17 bits per heavy atom. The molecule has 0 saturated carbocycles. The molecule has 1 atom stereocenters. The monoisotopic (exact) mass is 336 g/mol. The molecule has 0 bridgehead atoms. The molecule has 24 heavy (non-hydrogen) atoms. The lowest BCUT2D eigenvalue weighted by Crippen LogP contribution is -2.38. The number of carbonyl (C=O) groups is 1. The molecule has 2 aromatic rings. The molecule has 0 unspecified atom stereocenters. The van der Waals surface area contributed by atoms with Crippen molar-refractivity contribution in [3.05, 3.63) is 62.7 Å². The molecule has 2 rings (SSSR count). The first-order chi connectivity index (χ1) is 11.3. The summed E-state index contributed by atoms with van der Waals surface area (Å²) in [5.74, 6) is -0.765. The summed E-state index contributed by atoms with van der Waals surface area (Å²) in [6.07, 6.45) is -0.931. The van der Waals surface area contributed by atoms with Gasteiger partial charge < -0.3 is 9.47 Å². The van der Waals surface area contributed by atoms with Crippen molar-refractivity contribution >= 4 is 5.97 Å². The van der Waals surface area contributed by atoms with Crippen LogP contribution in [0.25, 0.3) is 0 Å². The molecule has 0 N–H and O–H groups in total. The molecule has 7 nitrogen and oxygen atoms in total. The van der Waals surface area contributed by atoms with E-state index in [2.05, 4.69) is 0 Å². The molecule has 0 aliphatic carbocycles. The van der Waals surface area contributed by atoms with Crippen molar-refractivity contribution in [3.63, 3.8) is 0 Å². The average Bonchev–Trinajstić information content (AvgIpc) is 2.56. The van der Waals surface area contributed by atoms with E-state index in [9.17, 15) is 18.8 Å². The summed E-state index contributed by atoms with van der Waals surface area (Å²) in [7, 11) is 2.84. The van der Waals surface area contributed by atoms with Crippen molar-refractivity contribution in [2.24, 2.45) is 14.1 Å². The topological polar surface area (TPSA) is 79.5 Å². The van der Waals surface area contributed by atoms with E-state index in [0.717, 1.165) is 4.57 Å². The number of rotatable bonds is 5. The maximum Gasteiger partial charge on any atom is 0.347 e. The van der Waals surface area contributed by atoms with Gasteiger partial charge in [0, 0.05) is 20.2 Å². The summed E-state index contributed by atoms with van der Waals surface area (Å²) in [6, 6.07) is 6.43. The summed E-state index contributed by atoms with van der Waals surface area (Å²) in [6.45, 7) is 1.24. The van der Waals surface area contributed by atoms with Gasteiger partial charge in [-0.2, -0.15) is 0 Å². The lowest BCUT2D eigenvalue weighted by molar-refractivity contribution is -0.152. The first kappa shape index (κ1) is 17.5. The number of halogens is 1. The molecule has 8 heteroatoms. The van der Waals surface area contributed by atoms with Crippen LogP contribution in [0.15, 0.2) is 39.9 Å². The third kappa shape index (κ3) is 3.89. The van der Waals surface area contributed by atoms with E-state index in [1.54, 1.807) is 0 Å². The molecule has 0 fully saturated rings. The highest BCUT2D eigenvalue weighted by molar-refractivity contribution is 5.74. The molecule has 1 aromatic heterocycles. The van der Waals surface area contributed by atoms with Crippen LogP contribution in [0.1, 0.15) is 12.6 Å². The fraction of sp³-hybridized carbons (Fsp3) is 0.312. The van der Waals surface area contributed by atoms with Crippen LogP contribution < -0.4 is 16.0 Å². The maximum atomic E-state index is 12.8. The second kappa shape index (κ2) is 7.12. The second-order valence-corrected chi connectivity index (χ2v) is 5.20. The van der Waals surface area contributed by atoms with E-state index in [-0.39, 0.29) is 12.3 Å². The number of hydrogen-bond donors (Lipinski definition) is 0.